The first kappa shape index (κ1) is 13.3. The lowest BCUT2D eigenvalue weighted by Crippen LogP contribution is -2.13. The molecule has 0 amide bonds. The smallest absolute Gasteiger partial charge is 0.0917 e. The molecule has 2 aromatic rings. The van der Waals surface area contributed by atoms with E-state index in [1.807, 2.05) is 12.1 Å². The Morgan fingerprint density at radius 3 is 1.78 bits per heavy atom. The average Bonchev–Trinajstić information content (AvgIpc) is 2.46. The van der Waals surface area contributed by atoms with Gasteiger partial charge in [0.2, 0.25) is 0 Å². The van der Waals surface area contributed by atoms with Crippen molar-refractivity contribution >= 4 is 18.8 Å². The largest absolute Gasteiger partial charge is 0.350 e. The van der Waals surface area contributed by atoms with Crippen molar-refractivity contribution in [3.8, 4) is 0 Å². The lowest BCUT2D eigenvalue weighted by atomic mass is 10.4. The molecular weight excluding hydrogens is 239 g/mol. The fraction of sp³-hybridized carbons (Fsp3) is 0.250. The number of hydrogen-bond acceptors (Lipinski definition) is 1. The minimum absolute atomic E-state index is 0.662. The number of hydrogen-bond donors (Lipinski definition) is 0. The molecule has 0 atom stereocenters. The summed E-state index contributed by atoms with van der Waals surface area (Å²) < 4.78 is 6.12. The van der Waals surface area contributed by atoms with E-state index >= 15 is 0 Å². The standard InChI is InChI=1S/C16H19OP/c1-2-3-14-17-18(15-10-6-4-7-11-15)16-12-8-5-9-13-16/h4-13H,2-3,14H2,1H3. The summed E-state index contributed by atoms with van der Waals surface area (Å²) in [5.41, 5.74) is 0. The second-order valence-corrected chi connectivity index (χ2v) is 6.03. The molecule has 0 bridgehead atoms. The highest BCUT2D eigenvalue weighted by Gasteiger charge is 2.13. The molecule has 0 unspecified atom stereocenters. The number of rotatable bonds is 6. The van der Waals surface area contributed by atoms with Gasteiger partial charge in [0, 0.05) is 10.6 Å². The van der Waals surface area contributed by atoms with Crippen LogP contribution in [0.1, 0.15) is 19.8 Å². The molecule has 18 heavy (non-hydrogen) atoms. The molecule has 0 radical (unpaired) electrons. The van der Waals surface area contributed by atoms with E-state index in [-0.39, 0.29) is 0 Å². The zero-order chi connectivity index (χ0) is 12.6. The van der Waals surface area contributed by atoms with Gasteiger partial charge < -0.3 is 4.52 Å². The van der Waals surface area contributed by atoms with Crippen molar-refractivity contribution in [2.24, 2.45) is 0 Å². The van der Waals surface area contributed by atoms with Crippen LogP contribution in [0.5, 0.6) is 0 Å². The molecule has 0 saturated carbocycles. The van der Waals surface area contributed by atoms with E-state index in [0.717, 1.165) is 13.0 Å². The van der Waals surface area contributed by atoms with Gasteiger partial charge in [0.05, 0.1) is 14.8 Å². The van der Waals surface area contributed by atoms with Crippen LogP contribution < -0.4 is 10.6 Å². The Morgan fingerprint density at radius 2 is 1.33 bits per heavy atom. The molecule has 0 aliphatic heterocycles. The van der Waals surface area contributed by atoms with Gasteiger partial charge in [0.25, 0.3) is 0 Å². The van der Waals surface area contributed by atoms with E-state index in [2.05, 4.69) is 55.5 Å². The summed E-state index contributed by atoms with van der Waals surface area (Å²) in [5.74, 6) is 0. The summed E-state index contributed by atoms with van der Waals surface area (Å²) >= 11 is 0. The first-order valence-electron chi connectivity index (χ1n) is 6.45. The fourth-order valence-electron chi connectivity index (χ4n) is 1.73. The molecule has 2 rings (SSSR count). The topological polar surface area (TPSA) is 9.23 Å². The van der Waals surface area contributed by atoms with Crippen molar-refractivity contribution in [1.82, 2.24) is 0 Å². The Kier molecular flexibility index (Phi) is 5.38. The van der Waals surface area contributed by atoms with Crippen LogP contribution in [0.3, 0.4) is 0 Å². The van der Waals surface area contributed by atoms with Crippen LogP contribution in [0, 0.1) is 0 Å². The highest BCUT2D eigenvalue weighted by Crippen LogP contribution is 2.34. The molecule has 0 heterocycles. The lowest BCUT2D eigenvalue weighted by molar-refractivity contribution is 0.350. The maximum Gasteiger partial charge on any atom is 0.0917 e. The molecular formula is C16H19OP. The number of unbranched alkanes of at least 4 members (excludes halogenated alkanes) is 1. The molecule has 0 N–H and O–H groups in total. The lowest BCUT2D eigenvalue weighted by Gasteiger charge is -2.18. The minimum atomic E-state index is -0.662. The Balaban J connectivity index is 2.18. The Labute approximate surface area is 111 Å². The van der Waals surface area contributed by atoms with Gasteiger partial charge >= 0.3 is 0 Å². The Hall–Kier alpha value is -1.17. The third-order valence-electron chi connectivity index (χ3n) is 2.70. The van der Waals surface area contributed by atoms with Crippen LogP contribution in [-0.2, 0) is 4.52 Å². The van der Waals surface area contributed by atoms with Crippen LogP contribution in [0.4, 0.5) is 0 Å². The molecule has 94 valence electrons. The van der Waals surface area contributed by atoms with E-state index in [4.69, 9.17) is 4.52 Å². The van der Waals surface area contributed by atoms with Crippen molar-refractivity contribution in [3.63, 3.8) is 0 Å². The molecule has 0 aliphatic rings. The fourth-order valence-corrected chi connectivity index (χ4v) is 3.52. The molecule has 0 aliphatic carbocycles. The van der Waals surface area contributed by atoms with Crippen molar-refractivity contribution in [1.29, 1.82) is 0 Å². The second-order valence-electron chi connectivity index (χ2n) is 4.15. The van der Waals surface area contributed by atoms with Gasteiger partial charge in [-0.3, -0.25) is 0 Å². The summed E-state index contributed by atoms with van der Waals surface area (Å²) in [6.07, 6.45) is 2.30. The number of benzene rings is 2. The monoisotopic (exact) mass is 258 g/mol. The highest BCUT2D eigenvalue weighted by molar-refractivity contribution is 7.68. The van der Waals surface area contributed by atoms with Gasteiger partial charge in [-0.2, -0.15) is 0 Å². The van der Waals surface area contributed by atoms with E-state index in [1.165, 1.54) is 17.0 Å². The predicted octanol–water partition coefficient (Wildman–Crippen LogP) is 3.85. The third-order valence-corrected chi connectivity index (χ3v) is 4.67. The molecule has 2 aromatic carbocycles. The molecule has 1 nitrogen and oxygen atoms in total. The van der Waals surface area contributed by atoms with Crippen LogP contribution in [0.2, 0.25) is 0 Å². The van der Waals surface area contributed by atoms with Crippen LogP contribution in [-0.4, -0.2) is 6.61 Å². The second kappa shape index (κ2) is 7.31. The summed E-state index contributed by atoms with van der Waals surface area (Å²) in [6, 6.07) is 21.0. The van der Waals surface area contributed by atoms with Crippen molar-refractivity contribution in [2.75, 3.05) is 6.61 Å². The quantitative estimate of drug-likeness (QED) is 0.565. The van der Waals surface area contributed by atoms with Gasteiger partial charge in [-0.25, -0.2) is 0 Å². The minimum Gasteiger partial charge on any atom is -0.350 e. The molecule has 0 saturated heterocycles. The zero-order valence-electron chi connectivity index (χ0n) is 10.8. The first-order chi connectivity index (χ1) is 8.92. The van der Waals surface area contributed by atoms with Crippen LogP contribution in [0.25, 0.3) is 0 Å². The van der Waals surface area contributed by atoms with E-state index < -0.39 is 8.15 Å². The van der Waals surface area contributed by atoms with Gasteiger partial charge in [-0.05, 0) is 6.42 Å². The van der Waals surface area contributed by atoms with E-state index in [1.54, 1.807) is 0 Å². The van der Waals surface area contributed by atoms with Gasteiger partial charge in [0.1, 0.15) is 0 Å². The highest BCUT2D eigenvalue weighted by atomic mass is 31.1. The van der Waals surface area contributed by atoms with Crippen molar-refractivity contribution in [3.05, 3.63) is 60.7 Å². The maximum atomic E-state index is 6.12. The average molecular weight is 258 g/mol. The predicted molar refractivity (Wildman–Crippen MR) is 79.9 cm³/mol. The summed E-state index contributed by atoms with van der Waals surface area (Å²) in [5, 5.41) is 2.57. The SMILES string of the molecule is CCCCOP(c1ccccc1)c1ccccc1. The van der Waals surface area contributed by atoms with Crippen LogP contribution in [0.15, 0.2) is 60.7 Å². The summed E-state index contributed by atoms with van der Waals surface area (Å²) in [7, 11) is -0.662. The molecule has 2 heteroatoms. The first-order valence-corrected chi connectivity index (χ1v) is 7.71. The molecule has 0 aromatic heterocycles. The van der Waals surface area contributed by atoms with Gasteiger partial charge in [0.15, 0.2) is 0 Å². The summed E-state index contributed by atoms with van der Waals surface area (Å²) in [6.45, 7) is 3.03. The van der Waals surface area contributed by atoms with Crippen LogP contribution >= 0.6 is 8.15 Å². The molecule has 0 fully saturated rings. The van der Waals surface area contributed by atoms with E-state index in [0.29, 0.717) is 0 Å². The van der Waals surface area contributed by atoms with Crippen molar-refractivity contribution < 1.29 is 4.52 Å². The normalized spacial score (nSPS) is 10.8. The molecule has 0 spiro atoms. The maximum absolute atomic E-state index is 6.12. The zero-order valence-corrected chi connectivity index (χ0v) is 11.6. The summed E-state index contributed by atoms with van der Waals surface area (Å²) in [4.78, 5) is 0. The third kappa shape index (κ3) is 3.66. The van der Waals surface area contributed by atoms with Gasteiger partial charge in [-0.1, -0.05) is 74.0 Å². The van der Waals surface area contributed by atoms with E-state index in [9.17, 15) is 0 Å². The van der Waals surface area contributed by atoms with Crippen molar-refractivity contribution in [2.45, 2.75) is 19.8 Å². The Bertz CT molecular complexity index is 402. The Morgan fingerprint density at radius 1 is 0.833 bits per heavy atom. The van der Waals surface area contributed by atoms with Gasteiger partial charge in [-0.15, -0.1) is 0 Å².